The van der Waals surface area contributed by atoms with Crippen molar-refractivity contribution in [2.24, 2.45) is 5.92 Å². The molecule has 0 saturated carbocycles. The van der Waals surface area contributed by atoms with E-state index in [-0.39, 0.29) is 6.04 Å². The second-order valence-corrected chi connectivity index (χ2v) is 3.92. The number of hydrogen-bond acceptors (Lipinski definition) is 2. The quantitative estimate of drug-likeness (QED) is 0.795. The third-order valence-electron chi connectivity index (χ3n) is 2.80. The summed E-state index contributed by atoms with van der Waals surface area (Å²) in [6.45, 7) is 1.95. The standard InChI is InChI=1S/C9H14F3NO2/c1-6-3-2-4-13(6)5-7(8(14)15)9(10,11)12/h6-7H,2-5H2,1H3,(H,14,15). The molecule has 0 amide bonds. The van der Waals surface area contributed by atoms with Crippen LogP contribution >= 0.6 is 0 Å². The number of alkyl halides is 3. The number of carboxylic acids is 1. The smallest absolute Gasteiger partial charge is 0.403 e. The summed E-state index contributed by atoms with van der Waals surface area (Å²) < 4.78 is 37.0. The Kier molecular flexibility index (Phi) is 3.59. The minimum absolute atomic E-state index is 0.0502. The first kappa shape index (κ1) is 12.3. The molecule has 1 fully saturated rings. The van der Waals surface area contributed by atoms with Crippen LogP contribution in [0, 0.1) is 5.92 Å². The normalized spacial score (nSPS) is 25.5. The van der Waals surface area contributed by atoms with E-state index in [1.165, 1.54) is 0 Å². The molecule has 1 N–H and O–H groups in total. The van der Waals surface area contributed by atoms with Crippen LogP contribution < -0.4 is 0 Å². The Morgan fingerprint density at radius 1 is 1.60 bits per heavy atom. The molecule has 0 aromatic rings. The fourth-order valence-electron chi connectivity index (χ4n) is 1.82. The minimum Gasteiger partial charge on any atom is -0.481 e. The molecule has 2 unspecified atom stereocenters. The van der Waals surface area contributed by atoms with Crippen LogP contribution in [0.1, 0.15) is 19.8 Å². The van der Waals surface area contributed by atoms with Gasteiger partial charge in [-0.2, -0.15) is 13.2 Å². The van der Waals surface area contributed by atoms with Crippen LogP contribution in [0.4, 0.5) is 13.2 Å². The van der Waals surface area contributed by atoms with Gasteiger partial charge in [0.25, 0.3) is 0 Å². The SMILES string of the molecule is CC1CCCN1CC(C(=O)O)C(F)(F)F. The van der Waals surface area contributed by atoms with E-state index in [0.29, 0.717) is 6.54 Å². The highest BCUT2D eigenvalue weighted by Crippen LogP contribution is 2.29. The molecular weight excluding hydrogens is 211 g/mol. The summed E-state index contributed by atoms with van der Waals surface area (Å²) >= 11 is 0. The molecule has 15 heavy (non-hydrogen) atoms. The van der Waals surface area contributed by atoms with Gasteiger partial charge in [-0.3, -0.25) is 9.69 Å². The van der Waals surface area contributed by atoms with E-state index in [0.717, 1.165) is 12.8 Å². The van der Waals surface area contributed by atoms with Gasteiger partial charge >= 0.3 is 12.1 Å². The molecule has 0 spiro atoms. The predicted octanol–water partition coefficient (Wildman–Crippen LogP) is 1.73. The van der Waals surface area contributed by atoms with Crippen LogP contribution in [0.5, 0.6) is 0 Å². The van der Waals surface area contributed by atoms with Crippen molar-refractivity contribution in [2.45, 2.75) is 32.0 Å². The molecule has 88 valence electrons. The lowest BCUT2D eigenvalue weighted by Gasteiger charge is -2.25. The molecule has 0 aromatic heterocycles. The van der Waals surface area contributed by atoms with E-state index >= 15 is 0 Å². The number of halogens is 3. The number of carboxylic acid groups (broad SMARTS) is 1. The van der Waals surface area contributed by atoms with Crippen LogP contribution in [0.15, 0.2) is 0 Å². The predicted molar refractivity (Wildman–Crippen MR) is 47.4 cm³/mol. The molecule has 2 atom stereocenters. The summed E-state index contributed by atoms with van der Waals surface area (Å²) in [5.41, 5.74) is 0. The third-order valence-corrected chi connectivity index (χ3v) is 2.80. The second-order valence-electron chi connectivity index (χ2n) is 3.92. The Labute approximate surface area is 85.9 Å². The van der Waals surface area contributed by atoms with Crippen molar-refractivity contribution in [2.75, 3.05) is 13.1 Å². The van der Waals surface area contributed by atoms with Gasteiger partial charge < -0.3 is 5.11 Å². The van der Waals surface area contributed by atoms with Crippen molar-refractivity contribution in [3.63, 3.8) is 0 Å². The van der Waals surface area contributed by atoms with Gasteiger partial charge in [-0.15, -0.1) is 0 Å². The monoisotopic (exact) mass is 225 g/mol. The summed E-state index contributed by atoms with van der Waals surface area (Å²) in [5.74, 6) is -4.06. The molecule has 1 saturated heterocycles. The molecule has 1 heterocycles. The van der Waals surface area contributed by atoms with Crippen LogP contribution in [0.3, 0.4) is 0 Å². The maximum atomic E-state index is 12.3. The fraction of sp³-hybridized carbons (Fsp3) is 0.889. The Balaban J connectivity index is 2.63. The minimum atomic E-state index is -4.66. The first-order valence-electron chi connectivity index (χ1n) is 4.86. The zero-order chi connectivity index (χ0) is 11.6. The lowest BCUT2D eigenvalue weighted by Crippen LogP contribution is -2.42. The van der Waals surface area contributed by atoms with E-state index in [1.807, 2.05) is 6.92 Å². The third kappa shape index (κ3) is 3.09. The second kappa shape index (κ2) is 4.38. The number of hydrogen-bond donors (Lipinski definition) is 1. The van der Waals surface area contributed by atoms with Gasteiger partial charge in [0.1, 0.15) is 0 Å². The van der Waals surface area contributed by atoms with Gasteiger partial charge in [0.05, 0.1) is 0 Å². The molecule has 0 aliphatic carbocycles. The topological polar surface area (TPSA) is 40.5 Å². The lowest BCUT2D eigenvalue weighted by molar-refractivity contribution is -0.196. The fourth-order valence-corrected chi connectivity index (χ4v) is 1.82. The van der Waals surface area contributed by atoms with Crippen LogP contribution in [-0.4, -0.2) is 41.3 Å². The summed E-state index contributed by atoms with van der Waals surface area (Å²) in [5, 5.41) is 8.51. The molecule has 3 nitrogen and oxygen atoms in total. The van der Waals surface area contributed by atoms with Gasteiger partial charge in [0, 0.05) is 12.6 Å². The molecule has 1 rings (SSSR count). The maximum Gasteiger partial charge on any atom is 0.403 e. The average molecular weight is 225 g/mol. The molecule has 0 aromatic carbocycles. The zero-order valence-corrected chi connectivity index (χ0v) is 8.42. The van der Waals surface area contributed by atoms with Gasteiger partial charge in [0.2, 0.25) is 0 Å². The van der Waals surface area contributed by atoms with Gasteiger partial charge in [-0.1, -0.05) is 0 Å². The van der Waals surface area contributed by atoms with Crippen molar-refractivity contribution in [1.29, 1.82) is 0 Å². The van der Waals surface area contributed by atoms with E-state index in [9.17, 15) is 18.0 Å². The Hall–Kier alpha value is -0.780. The van der Waals surface area contributed by atoms with Crippen molar-refractivity contribution in [1.82, 2.24) is 4.90 Å². The van der Waals surface area contributed by atoms with Crippen LogP contribution in [-0.2, 0) is 4.79 Å². The van der Waals surface area contributed by atoms with Gasteiger partial charge in [-0.05, 0) is 26.3 Å². The Bertz CT molecular complexity index is 242. The largest absolute Gasteiger partial charge is 0.481 e. The molecule has 1 aliphatic rings. The number of rotatable bonds is 3. The molecule has 6 heteroatoms. The Morgan fingerprint density at radius 2 is 2.20 bits per heavy atom. The lowest BCUT2D eigenvalue weighted by atomic mass is 10.1. The van der Waals surface area contributed by atoms with Crippen molar-refractivity contribution >= 4 is 5.97 Å². The molecule has 1 aliphatic heterocycles. The average Bonchev–Trinajstić information content (AvgIpc) is 2.44. The molecule has 0 radical (unpaired) electrons. The highest BCUT2D eigenvalue weighted by atomic mass is 19.4. The summed E-state index contributed by atoms with van der Waals surface area (Å²) in [4.78, 5) is 12.1. The number of nitrogens with zero attached hydrogens (tertiary/aromatic N) is 1. The molecular formula is C9H14F3NO2. The Morgan fingerprint density at radius 3 is 2.53 bits per heavy atom. The van der Waals surface area contributed by atoms with Gasteiger partial charge in [-0.25, -0.2) is 0 Å². The van der Waals surface area contributed by atoms with E-state index < -0.39 is 24.6 Å². The van der Waals surface area contributed by atoms with E-state index in [2.05, 4.69) is 0 Å². The van der Waals surface area contributed by atoms with E-state index in [1.54, 1.807) is 4.90 Å². The molecule has 0 bridgehead atoms. The number of likely N-dealkylation sites (tertiary alicyclic amines) is 1. The van der Waals surface area contributed by atoms with Crippen LogP contribution in [0.2, 0.25) is 0 Å². The zero-order valence-electron chi connectivity index (χ0n) is 8.42. The number of aliphatic carboxylic acids is 1. The number of carbonyl (C=O) groups is 1. The highest BCUT2D eigenvalue weighted by molar-refractivity contribution is 5.71. The van der Waals surface area contributed by atoms with Gasteiger partial charge in [0.15, 0.2) is 5.92 Å². The highest BCUT2D eigenvalue weighted by Gasteiger charge is 2.46. The van der Waals surface area contributed by atoms with Crippen molar-refractivity contribution in [3.05, 3.63) is 0 Å². The summed E-state index contributed by atoms with van der Waals surface area (Å²) in [7, 11) is 0. The van der Waals surface area contributed by atoms with Crippen LogP contribution in [0.25, 0.3) is 0 Å². The summed E-state index contributed by atoms with van der Waals surface area (Å²) in [6.07, 6.45) is -2.98. The van der Waals surface area contributed by atoms with Crippen molar-refractivity contribution in [3.8, 4) is 0 Å². The first-order chi connectivity index (χ1) is 6.82. The van der Waals surface area contributed by atoms with Crippen molar-refractivity contribution < 1.29 is 23.1 Å². The first-order valence-corrected chi connectivity index (χ1v) is 4.86. The van der Waals surface area contributed by atoms with E-state index in [4.69, 9.17) is 5.11 Å². The summed E-state index contributed by atoms with van der Waals surface area (Å²) in [6, 6.07) is 0.0502. The maximum absolute atomic E-state index is 12.3.